The average Bonchev–Trinajstić information content (AvgIpc) is 2.59. The summed E-state index contributed by atoms with van der Waals surface area (Å²) in [5, 5.41) is 6.54. The molecule has 0 saturated carbocycles. The van der Waals surface area contributed by atoms with Crippen molar-refractivity contribution in [2.75, 3.05) is 10.6 Å². The molecule has 0 atom stereocenters. The first kappa shape index (κ1) is 16.5. The summed E-state index contributed by atoms with van der Waals surface area (Å²) in [5.74, 6) is 1.23. The van der Waals surface area contributed by atoms with Gasteiger partial charge in [0.25, 0.3) is 0 Å². The molecule has 124 valence electrons. The third kappa shape index (κ3) is 3.93. The van der Waals surface area contributed by atoms with Crippen LogP contribution in [0.2, 0.25) is 0 Å². The van der Waals surface area contributed by atoms with Crippen LogP contribution in [0.4, 0.5) is 28.8 Å². The van der Waals surface area contributed by atoms with Crippen molar-refractivity contribution in [2.45, 2.75) is 20.8 Å². The number of aryl methyl sites for hydroxylation is 3. The second-order valence-electron chi connectivity index (χ2n) is 5.95. The molecule has 2 aromatic carbocycles. The average molecular weight is 329 g/mol. The van der Waals surface area contributed by atoms with Crippen LogP contribution in [0.1, 0.15) is 16.7 Å². The number of nitrogens with zero attached hydrogens (tertiary/aromatic N) is 3. The van der Waals surface area contributed by atoms with Gasteiger partial charge in [0.1, 0.15) is 5.82 Å². The van der Waals surface area contributed by atoms with Crippen LogP contribution in [0, 0.1) is 27.3 Å². The highest BCUT2D eigenvalue weighted by molar-refractivity contribution is 5.65. The van der Waals surface area contributed by atoms with Crippen molar-refractivity contribution < 1.29 is 0 Å². The molecule has 0 saturated heterocycles. The zero-order valence-corrected chi connectivity index (χ0v) is 14.5. The fourth-order valence-electron chi connectivity index (χ4n) is 2.74. The number of hydrogen-bond acceptors (Lipinski definition) is 4. The van der Waals surface area contributed by atoms with Crippen molar-refractivity contribution in [1.82, 2.24) is 9.97 Å². The highest BCUT2D eigenvalue weighted by Gasteiger charge is 2.07. The van der Waals surface area contributed by atoms with Crippen molar-refractivity contribution in [3.63, 3.8) is 0 Å². The van der Waals surface area contributed by atoms with Gasteiger partial charge in [-0.25, -0.2) is 9.83 Å². The molecule has 1 heterocycles. The van der Waals surface area contributed by atoms with Crippen molar-refractivity contribution in [1.29, 1.82) is 0 Å². The minimum Gasteiger partial charge on any atom is -0.340 e. The summed E-state index contributed by atoms with van der Waals surface area (Å²) in [5.41, 5.74) is 6.08. The Morgan fingerprint density at radius 1 is 0.920 bits per heavy atom. The maximum absolute atomic E-state index is 6.99. The maximum Gasteiger partial charge on any atom is 0.229 e. The minimum atomic E-state index is 0.540. The predicted molar refractivity (Wildman–Crippen MR) is 102 cm³/mol. The van der Waals surface area contributed by atoms with Crippen molar-refractivity contribution in [2.24, 2.45) is 0 Å². The Morgan fingerprint density at radius 3 is 2.24 bits per heavy atom. The van der Waals surface area contributed by atoms with Gasteiger partial charge in [-0.3, -0.25) is 0 Å². The first-order valence-electron chi connectivity index (χ1n) is 7.97. The second kappa shape index (κ2) is 7.02. The summed E-state index contributed by atoms with van der Waals surface area (Å²) in [7, 11) is 0. The lowest BCUT2D eigenvalue weighted by Crippen LogP contribution is -2.03. The van der Waals surface area contributed by atoms with E-state index in [1.807, 2.05) is 18.2 Å². The van der Waals surface area contributed by atoms with Gasteiger partial charge < -0.3 is 10.6 Å². The predicted octanol–water partition coefficient (Wildman–Crippen LogP) is 5.44. The summed E-state index contributed by atoms with van der Waals surface area (Å²) in [6.45, 7) is 13.2. The number of nitrogens with one attached hydrogen (secondary N) is 2. The smallest absolute Gasteiger partial charge is 0.229 e. The SMILES string of the molecule is [C-]#[N+]c1ccc(Nc2ccnc(Nc3c(C)cc(C)cc3C)n2)cc1. The molecule has 0 bridgehead atoms. The van der Waals surface area contributed by atoms with Gasteiger partial charge in [0.05, 0.1) is 6.57 Å². The van der Waals surface area contributed by atoms with Crippen LogP contribution >= 0.6 is 0 Å². The van der Waals surface area contributed by atoms with E-state index in [1.54, 1.807) is 18.3 Å². The van der Waals surface area contributed by atoms with Gasteiger partial charge in [-0.1, -0.05) is 29.8 Å². The molecule has 0 unspecified atom stereocenters. The van der Waals surface area contributed by atoms with Crippen molar-refractivity contribution in [3.05, 3.63) is 76.8 Å². The number of hydrogen-bond donors (Lipinski definition) is 2. The summed E-state index contributed by atoms with van der Waals surface area (Å²) < 4.78 is 0. The van der Waals surface area contributed by atoms with Gasteiger partial charge in [-0.05, 0) is 50.1 Å². The molecule has 0 aliphatic carbocycles. The molecular weight excluding hydrogens is 310 g/mol. The first-order chi connectivity index (χ1) is 12.0. The van der Waals surface area contributed by atoms with Crippen molar-refractivity contribution >= 4 is 28.8 Å². The molecule has 3 aromatic rings. The molecule has 0 amide bonds. The topological polar surface area (TPSA) is 54.2 Å². The fraction of sp³-hybridized carbons (Fsp3) is 0.150. The molecule has 5 heteroatoms. The lowest BCUT2D eigenvalue weighted by atomic mass is 10.1. The van der Waals surface area contributed by atoms with E-state index in [0.29, 0.717) is 17.5 Å². The quantitative estimate of drug-likeness (QED) is 0.626. The van der Waals surface area contributed by atoms with E-state index in [9.17, 15) is 0 Å². The molecule has 5 nitrogen and oxygen atoms in total. The third-order valence-corrected chi connectivity index (χ3v) is 3.84. The molecule has 0 fully saturated rings. The zero-order valence-electron chi connectivity index (χ0n) is 14.5. The Balaban J connectivity index is 1.81. The molecule has 25 heavy (non-hydrogen) atoms. The lowest BCUT2D eigenvalue weighted by Gasteiger charge is -2.13. The van der Waals surface area contributed by atoms with Crippen LogP contribution in [0.3, 0.4) is 0 Å². The van der Waals surface area contributed by atoms with E-state index in [2.05, 4.69) is 58.4 Å². The summed E-state index contributed by atoms with van der Waals surface area (Å²) in [4.78, 5) is 12.2. The van der Waals surface area contributed by atoms with E-state index >= 15 is 0 Å². The molecule has 1 aromatic heterocycles. The number of rotatable bonds is 4. The Kier molecular flexibility index (Phi) is 4.62. The maximum atomic E-state index is 6.99. The largest absolute Gasteiger partial charge is 0.340 e. The minimum absolute atomic E-state index is 0.540. The van der Waals surface area contributed by atoms with Crippen LogP contribution in [-0.2, 0) is 0 Å². The van der Waals surface area contributed by atoms with Crippen molar-refractivity contribution in [3.8, 4) is 0 Å². The normalized spacial score (nSPS) is 10.2. The monoisotopic (exact) mass is 329 g/mol. The molecular formula is C20H19N5. The van der Waals surface area contributed by atoms with Crippen LogP contribution < -0.4 is 10.6 Å². The van der Waals surface area contributed by atoms with Crippen LogP contribution in [0.25, 0.3) is 4.85 Å². The highest BCUT2D eigenvalue weighted by Crippen LogP contribution is 2.25. The van der Waals surface area contributed by atoms with Gasteiger partial charge in [-0.15, -0.1) is 0 Å². The number of benzene rings is 2. The van der Waals surface area contributed by atoms with Gasteiger partial charge >= 0.3 is 0 Å². The molecule has 0 spiro atoms. The zero-order chi connectivity index (χ0) is 17.8. The van der Waals surface area contributed by atoms with E-state index < -0.39 is 0 Å². The van der Waals surface area contributed by atoms with Gasteiger partial charge in [-0.2, -0.15) is 4.98 Å². The molecule has 0 aliphatic rings. The Hall–Kier alpha value is -3.39. The van der Waals surface area contributed by atoms with Gasteiger partial charge in [0, 0.05) is 17.6 Å². The standard InChI is InChI=1S/C20H19N5/c1-13-11-14(2)19(15(3)12-13)25-20-22-10-9-18(24-20)23-17-7-5-16(21-4)6-8-17/h5-12H,1-3H3,(H2,22,23,24,25). The lowest BCUT2D eigenvalue weighted by molar-refractivity contribution is 1.15. The van der Waals surface area contributed by atoms with E-state index in [-0.39, 0.29) is 0 Å². The van der Waals surface area contributed by atoms with Gasteiger partial charge in [0.2, 0.25) is 5.95 Å². The Labute approximate surface area is 147 Å². The third-order valence-electron chi connectivity index (χ3n) is 3.84. The first-order valence-corrected chi connectivity index (χ1v) is 7.97. The van der Waals surface area contributed by atoms with Crippen LogP contribution in [0.5, 0.6) is 0 Å². The van der Waals surface area contributed by atoms with Crippen LogP contribution in [0.15, 0.2) is 48.7 Å². The van der Waals surface area contributed by atoms with E-state index in [1.165, 1.54) is 5.56 Å². The number of anilines is 4. The van der Waals surface area contributed by atoms with Crippen LogP contribution in [-0.4, -0.2) is 9.97 Å². The van der Waals surface area contributed by atoms with E-state index in [0.717, 1.165) is 22.5 Å². The second-order valence-corrected chi connectivity index (χ2v) is 5.95. The summed E-state index contributed by atoms with van der Waals surface area (Å²) >= 11 is 0. The summed E-state index contributed by atoms with van der Waals surface area (Å²) in [6.07, 6.45) is 1.71. The molecule has 2 N–H and O–H groups in total. The molecule has 3 rings (SSSR count). The number of aromatic nitrogens is 2. The summed E-state index contributed by atoms with van der Waals surface area (Å²) in [6, 6.07) is 13.3. The fourth-order valence-corrected chi connectivity index (χ4v) is 2.74. The Bertz CT molecular complexity index is 916. The highest BCUT2D eigenvalue weighted by atomic mass is 15.1. The van der Waals surface area contributed by atoms with E-state index in [4.69, 9.17) is 6.57 Å². The molecule has 0 radical (unpaired) electrons. The Morgan fingerprint density at radius 2 is 1.60 bits per heavy atom. The van der Waals surface area contributed by atoms with Gasteiger partial charge in [0.15, 0.2) is 5.69 Å². The molecule has 0 aliphatic heterocycles.